The average Bonchev–Trinajstić information content (AvgIpc) is 2.94. The first-order chi connectivity index (χ1) is 10.5. The predicted molar refractivity (Wildman–Crippen MR) is 79.8 cm³/mol. The number of hydrogen-bond donors (Lipinski definition) is 2. The third kappa shape index (κ3) is 4.85. The minimum Gasteiger partial charge on any atom is -0.476 e. The molecule has 1 amide bonds. The van der Waals surface area contributed by atoms with Gasteiger partial charge in [0.05, 0.1) is 6.20 Å². The van der Waals surface area contributed by atoms with Crippen molar-refractivity contribution >= 4 is 23.5 Å². The van der Waals surface area contributed by atoms with Gasteiger partial charge < -0.3 is 10.4 Å². The average molecular weight is 323 g/mol. The Labute approximate surface area is 131 Å². The standard InChI is InChI=1S/C14H15ClN4O3/c15-11-5-3-10(4-6-11)2-1-7-16-13(20)9-19-8-12(14(21)22)17-18-19/h3-6,8H,1-2,7,9H2,(H,16,20)(H,21,22). The molecule has 0 saturated carbocycles. The maximum Gasteiger partial charge on any atom is 0.358 e. The van der Waals surface area contributed by atoms with Gasteiger partial charge in [-0.05, 0) is 30.5 Å². The SMILES string of the molecule is O=C(Cn1cc(C(=O)O)nn1)NCCCc1ccc(Cl)cc1. The number of aryl methyl sites for hydroxylation is 1. The van der Waals surface area contributed by atoms with E-state index < -0.39 is 5.97 Å². The summed E-state index contributed by atoms with van der Waals surface area (Å²) in [5.41, 5.74) is 0.969. The Kier molecular flexibility index (Phi) is 5.48. The Morgan fingerprint density at radius 3 is 2.64 bits per heavy atom. The molecule has 22 heavy (non-hydrogen) atoms. The summed E-state index contributed by atoms with van der Waals surface area (Å²) < 4.78 is 1.19. The van der Waals surface area contributed by atoms with E-state index in [1.165, 1.54) is 10.9 Å². The highest BCUT2D eigenvalue weighted by Crippen LogP contribution is 2.10. The molecular weight excluding hydrogens is 308 g/mol. The highest BCUT2D eigenvalue weighted by molar-refractivity contribution is 6.30. The summed E-state index contributed by atoms with van der Waals surface area (Å²) in [4.78, 5) is 22.3. The van der Waals surface area contributed by atoms with Crippen LogP contribution in [0.1, 0.15) is 22.5 Å². The lowest BCUT2D eigenvalue weighted by atomic mass is 10.1. The normalized spacial score (nSPS) is 10.4. The molecule has 0 fully saturated rings. The summed E-state index contributed by atoms with van der Waals surface area (Å²) in [7, 11) is 0. The fourth-order valence-electron chi connectivity index (χ4n) is 1.85. The van der Waals surface area contributed by atoms with Crippen molar-refractivity contribution in [3.8, 4) is 0 Å². The zero-order valence-electron chi connectivity index (χ0n) is 11.7. The lowest BCUT2D eigenvalue weighted by Crippen LogP contribution is -2.28. The first-order valence-corrected chi connectivity index (χ1v) is 7.07. The van der Waals surface area contributed by atoms with Gasteiger partial charge in [-0.25, -0.2) is 9.48 Å². The number of carboxylic acids is 1. The quantitative estimate of drug-likeness (QED) is 0.751. The van der Waals surface area contributed by atoms with Crippen molar-refractivity contribution in [1.29, 1.82) is 0 Å². The van der Waals surface area contributed by atoms with Gasteiger partial charge in [-0.3, -0.25) is 4.79 Å². The molecule has 8 heteroatoms. The lowest BCUT2D eigenvalue weighted by molar-refractivity contribution is -0.121. The Morgan fingerprint density at radius 1 is 1.27 bits per heavy atom. The van der Waals surface area contributed by atoms with Gasteiger partial charge in [0.2, 0.25) is 5.91 Å². The Balaban J connectivity index is 1.69. The monoisotopic (exact) mass is 322 g/mol. The molecule has 0 aliphatic rings. The number of rotatable bonds is 7. The number of hydrogen-bond acceptors (Lipinski definition) is 4. The summed E-state index contributed by atoms with van der Waals surface area (Å²) in [6.45, 7) is 0.475. The van der Waals surface area contributed by atoms with Crippen molar-refractivity contribution in [2.45, 2.75) is 19.4 Å². The zero-order valence-corrected chi connectivity index (χ0v) is 12.5. The molecule has 7 nitrogen and oxygen atoms in total. The van der Waals surface area contributed by atoms with Crippen LogP contribution in [0.3, 0.4) is 0 Å². The van der Waals surface area contributed by atoms with E-state index in [-0.39, 0.29) is 18.1 Å². The molecule has 1 aromatic carbocycles. The van der Waals surface area contributed by atoms with Crippen molar-refractivity contribution in [2.24, 2.45) is 0 Å². The topological polar surface area (TPSA) is 97.1 Å². The molecule has 0 aliphatic heterocycles. The van der Waals surface area contributed by atoms with Crippen molar-refractivity contribution in [3.05, 3.63) is 46.7 Å². The number of nitrogens with one attached hydrogen (secondary N) is 1. The van der Waals surface area contributed by atoms with Gasteiger partial charge in [-0.15, -0.1) is 5.10 Å². The van der Waals surface area contributed by atoms with E-state index in [1.807, 2.05) is 24.3 Å². The second kappa shape index (κ2) is 7.56. The zero-order chi connectivity index (χ0) is 15.9. The second-order valence-corrected chi connectivity index (χ2v) is 5.12. The highest BCUT2D eigenvalue weighted by Gasteiger charge is 2.10. The van der Waals surface area contributed by atoms with E-state index in [0.717, 1.165) is 18.4 Å². The van der Waals surface area contributed by atoms with E-state index in [0.29, 0.717) is 11.6 Å². The molecule has 0 unspecified atom stereocenters. The molecule has 0 saturated heterocycles. The Hall–Kier alpha value is -2.41. The Morgan fingerprint density at radius 2 is 2.00 bits per heavy atom. The first kappa shape index (κ1) is 16.0. The van der Waals surface area contributed by atoms with E-state index in [2.05, 4.69) is 15.6 Å². The van der Waals surface area contributed by atoms with Crippen LogP contribution >= 0.6 is 11.6 Å². The van der Waals surface area contributed by atoms with Crippen LogP contribution in [0.2, 0.25) is 5.02 Å². The van der Waals surface area contributed by atoms with Crippen molar-refractivity contribution < 1.29 is 14.7 Å². The predicted octanol–water partition coefficient (Wildman–Crippen LogP) is 1.38. The van der Waals surface area contributed by atoms with Crippen LogP contribution in [0.15, 0.2) is 30.5 Å². The first-order valence-electron chi connectivity index (χ1n) is 6.69. The molecule has 0 atom stereocenters. The summed E-state index contributed by atoms with van der Waals surface area (Å²) in [5, 5.41) is 19.2. The summed E-state index contributed by atoms with van der Waals surface area (Å²) >= 11 is 5.81. The maximum atomic E-state index is 11.7. The smallest absolute Gasteiger partial charge is 0.358 e. The van der Waals surface area contributed by atoms with Crippen molar-refractivity contribution in [3.63, 3.8) is 0 Å². The number of aromatic nitrogens is 3. The number of amides is 1. The molecule has 0 aliphatic carbocycles. The summed E-state index contributed by atoms with van der Waals surface area (Å²) in [6, 6.07) is 7.57. The fourth-order valence-corrected chi connectivity index (χ4v) is 1.97. The molecule has 0 radical (unpaired) electrons. The van der Waals surface area contributed by atoms with E-state index in [9.17, 15) is 9.59 Å². The molecule has 2 rings (SSSR count). The van der Waals surface area contributed by atoms with Crippen LogP contribution < -0.4 is 5.32 Å². The van der Waals surface area contributed by atoms with Crippen LogP contribution in [0.25, 0.3) is 0 Å². The molecular formula is C14H15ClN4O3. The van der Waals surface area contributed by atoms with Gasteiger partial charge in [-0.1, -0.05) is 28.9 Å². The number of nitrogens with zero attached hydrogens (tertiary/aromatic N) is 3. The van der Waals surface area contributed by atoms with E-state index >= 15 is 0 Å². The lowest BCUT2D eigenvalue weighted by Gasteiger charge is -2.05. The third-order valence-electron chi connectivity index (χ3n) is 2.94. The van der Waals surface area contributed by atoms with Crippen LogP contribution in [0.5, 0.6) is 0 Å². The van der Waals surface area contributed by atoms with Gasteiger partial charge in [-0.2, -0.15) is 0 Å². The van der Waals surface area contributed by atoms with E-state index in [1.54, 1.807) is 0 Å². The van der Waals surface area contributed by atoms with Gasteiger partial charge in [0, 0.05) is 11.6 Å². The summed E-state index contributed by atoms with van der Waals surface area (Å²) in [6.07, 6.45) is 2.85. The van der Waals surface area contributed by atoms with Crippen LogP contribution in [0, 0.1) is 0 Å². The molecule has 1 aromatic heterocycles. The third-order valence-corrected chi connectivity index (χ3v) is 3.19. The number of carboxylic acid groups (broad SMARTS) is 1. The Bertz CT molecular complexity index is 654. The minimum atomic E-state index is -1.17. The van der Waals surface area contributed by atoms with Gasteiger partial charge in [0.1, 0.15) is 6.54 Å². The fraction of sp³-hybridized carbons (Fsp3) is 0.286. The minimum absolute atomic E-state index is 0.0543. The van der Waals surface area contributed by atoms with Gasteiger partial charge >= 0.3 is 5.97 Å². The number of aromatic carboxylic acids is 1. The number of benzene rings is 1. The number of carbonyl (C=O) groups excluding carboxylic acids is 1. The number of halogens is 1. The summed E-state index contributed by atoms with van der Waals surface area (Å²) in [5.74, 6) is -1.41. The molecule has 2 N–H and O–H groups in total. The van der Waals surface area contributed by atoms with Crippen molar-refractivity contribution in [2.75, 3.05) is 6.54 Å². The second-order valence-electron chi connectivity index (χ2n) is 4.69. The molecule has 0 bridgehead atoms. The molecule has 2 aromatic rings. The maximum absolute atomic E-state index is 11.7. The molecule has 0 spiro atoms. The molecule has 116 valence electrons. The van der Waals surface area contributed by atoms with Crippen molar-refractivity contribution in [1.82, 2.24) is 20.3 Å². The van der Waals surface area contributed by atoms with Crippen LogP contribution in [0.4, 0.5) is 0 Å². The van der Waals surface area contributed by atoms with E-state index in [4.69, 9.17) is 16.7 Å². The van der Waals surface area contributed by atoms with Crippen LogP contribution in [-0.2, 0) is 17.8 Å². The molecule has 1 heterocycles. The van der Waals surface area contributed by atoms with Gasteiger partial charge in [0.15, 0.2) is 5.69 Å². The largest absolute Gasteiger partial charge is 0.476 e. The number of carbonyl (C=O) groups is 2. The highest BCUT2D eigenvalue weighted by atomic mass is 35.5. The van der Waals surface area contributed by atoms with Crippen LogP contribution in [-0.4, -0.2) is 38.5 Å². The van der Waals surface area contributed by atoms with Gasteiger partial charge in [0.25, 0.3) is 0 Å².